The largest absolute Gasteiger partial charge is 0.364 e. The fourth-order valence-corrected chi connectivity index (χ4v) is 2.99. The van der Waals surface area contributed by atoms with Crippen LogP contribution in [-0.2, 0) is 9.53 Å². The van der Waals surface area contributed by atoms with Crippen molar-refractivity contribution in [2.45, 2.75) is 50.9 Å². The van der Waals surface area contributed by atoms with E-state index in [0.29, 0.717) is 12.5 Å². The maximum absolute atomic E-state index is 12.4. The van der Waals surface area contributed by atoms with Crippen LogP contribution in [0.5, 0.6) is 0 Å². The first kappa shape index (κ1) is 17.3. The van der Waals surface area contributed by atoms with Crippen molar-refractivity contribution in [3.05, 3.63) is 35.4 Å². The summed E-state index contributed by atoms with van der Waals surface area (Å²) in [6.45, 7) is 2.57. The summed E-state index contributed by atoms with van der Waals surface area (Å²) in [5.74, 6) is 0.590. The standard InChI is InChI=1S/C17H24N2O2.ClH/c1-11-2-4-12(5-3-11)16(13-6-7-13)19-17(20)15-9-8-14(10-18)21-15;/h2-5,13-16H,6-10,18H2,1H3,(H,19,20);1H/t14-,15+,16?;/m1./s1. The van der Waals surface area contributed by atoms with Crippen LogP contribution in [0.1, 0.15) is 42.9 Å². The Bertz CT molecular complexity index is 502. The maximum Gasteiger partial charge on any atom is 0.249 e. The Kier molecular flexibility index (Phi) is 5.84. The van der Waals surface area contributed by atoms with E-state index in [1.165, 1.54) is 24.0 Å². The predicted octanol–water partition coefficient (Wildman–Crippen LogP) is 2.49. The number of nitrogens with two attached hydrogens (primary N) is 1. The predicted molar refractivity (Wildman–Crippen MR) is 89.0 cm³/mol. The highest BCUT2D eigenvalue weighted by Gasteiger charge is 2.36. The lowest BCUT2D eigenvalue weighted by Gasteiger charge is -2.21. The molecule has 1 aliphatic heterocycles. The van der Waals surface area contributed by atoms with Gasteiger partial charge >= 0.3 is 0 Å². The summed E-state index contributed by atoms with van der Waals surface area (Å²) in [7, 11) is 0. The second-order valence-corrected chi connectivity index (χ2v) is 6.29. The van der Waals surface area contributed by atoms with Crippen LogP contribution in [0.2, 0.25) is 0 Å². The van der Waals surface area contributed by atoms with Crippen LogP contribution in [0, 0.1) is 12.8 Å². The molecule has 3 atom stereocenters. The number of carbonyl (C=O) groups is 1. The van der Waals surface area contributed by atoms with Gasteiger partial charge in [0.2, 0.25) is 5.91 Å². The van der Waals surface area contributed by atoms with Gasteiger partial charge in [-0.05, 0) is 44.1 Å². The Morgan fingerprint density at radius 1 is 1.27 bits per heavy atom. The first-order chi connectivity index (χ1) is 10.2. The third kappa shape index (κ3) is 4.00. The van der Waals surface area contributed by atoms with Gasteiger partial charge in [-0.3, -0.25) is 4.79 Å². The number of aryl methyl sites for hydroxylation is 1. The van der Waals surface area contributed by atoms with Crippen LogP contribution in [0.4, 0.5) is 0 Å². The molecule has 1 saturated heterocycles. The highest BCUT2D eigenvalue weighted by molar-refractivity contribution is 5.85. The minimum atomic E-state index is -0.328. The molecule has 1 amide bonds. The summed E-state index contributed by atoms with van der Waals surface area (Å²) >= 11 is 0. The van der Waals surface area contributed by atoms with E-state index in [1.807, 2.05) is 0 Å². The number of nitrogens with one attached hydrogen (secondary N) is 1. The molecule has 0 aromatic heterocycles. The molecule has 0 spiro atoms. The average molecular weight is 325 g/mol. The van der Waals surface area contributed by atoms with E-state index in [-0.39, 0.29) is 36.6 Å². The summed E-state index contributed by atoms with van der Waals surface area (Å²) in [6.07, 6.45) is 3.75. The van der Waals surface area contributed by atoms with E-state index in [1.54, 1.807) is 0 Å². The topological polar surface area (TPSA) is 64.4 Å². The van der Waals surface area contributed by atoms with Gasteiger partial charge < -0.3 is 15.8 Å². The molecule has 1 aliphatic carbocycles. The summed E-state index contributed by atoms with van der Waals surface area (Å²) in [6, 6.07) is 8.58. The van der Waals surface area contributed by atoms with Gasteiger partial charge in [-0.1, -0.05) is 29.8 Å². The zero-order valence-electron chi connectivity index (χ0n) is 13.0. The monoisotopic (exact) mass is 324 g/mol. The molecule has 1 aromatic rings. The van der Waals surface area contributed by atoms with E-state index >= 15 is 0 Å². The van der Waals surface area contributed by atoms with E-state index in [2.05, 4.69) is 36.5 Å². The van der Waals surface area contributed by atoms with Crippen LogP contribution < -0.4 is 11.1 Å². The Morgan fingerprint density at radius 3 is 2.50 bits per heavy atom. The molecular weight excluding hydrogens is 300 g/mol. The van der Waals surface area contributed by atoms with Crippen LogP contribution >= 0.6 is 12.4 Å². The van der Waals surface area contributed by atoms with Gasteiger partial charge in [0.05, 0.1) is 12.1 Å². The van der Waals surface area contributed by atoms with E-state index in [4.69, 9.17) is 10.5 Å². The third-order valence-electron chi connectivity index (χ3n) is 4.49. The Labute approximate surface area is 138 Å². The fourth-order valence-electron chi connectivity index (χ4n) is 2.99. The van der Waals surface area contributed by atoms with Crippen molar-refractivity contribution in [2.24, 2.45) is 11.7 Å². The SMILES string of the molecule is Cc1ccc(C(NC(=O)[C@@H]2CC[C@H](CN)O2)C2CC2)cc1.Cl. The van der Waals surface area contributed by atoms with Crippen LogP contribution in [0.25, 0.3) is 0 Å². The van der Waals surface area contributed by atoms with Crippen LogP contribution in [-0.4, -0.2) is 24.7 Å². The normalized spacial score (nSPS) is 25.4. The Hall–Kier alpha value is -1.10. The van der Waals surface area contributed by atoms with E-state index in [0.717, 1.165) is 12.8 Å². The lowest BCUT2D eigenvalue weighted by molar-refractivity contribution is -0.132. The Morgan fingerprint density at radius 2 is 1.95 bits per heavy atom. The summed E-state index contributed by atoms with van der Waals surface area (Å²) in [5.41, 5.74) is 8.04. The van der Waals surface area contributed by atoms with Gasteiger partial charge in [0.25, 0.3) is 0 Å². The molecule has 3 N–H and O–H groups in total. The van der Waals surface area contributed by atoms with Gasteiger partial charge in [-0.2, -0.15) is 0 Å². The number of rotatable bonds is 5. The van der Waals surface area contributed by atoms with Crippen LogP contribution in [0.3, 0.4) is 0 Å². The van der Waals surface area contributed by atoms with Crippen molar-refractivity contribution >= 4 is 18.3 Å². The lowest BCUT2D eigenvalue weighted by Crippen LogP contribution is -2.38. The van der Waals surface area contributed by atoms with Crippen molar-refractivity contribution in [1.82, 2.24) is 5.32 Å². The molecular formula is C17H25ClN2O2. The van der Waals surface area contributed by atoms with Crippen molar-refractivity contribution in [3.8, 4) is 0 Å². The van der Waals surface area contributed by atoms with Crippen molar-refractivity contribution in [1.29, 1.82) is 0 Å². The first-order valence-corrected chi connectivity index (χ1v) is 7.90. The smallest absolute Gasteiger partial charge is 0.249 e. The molecule has 22 heavy (non-hydrogen) atoms. The maximum atomic E-state index is 12.4. The highest BCUT2D eigenvalue weighted by Crippen LogP contribution is 2.41. The molecule has 2 fully saturated rings. The molecule has 0 bridgehead atoms. The zero-order valence-corrected chi connectivity index (χ0v) is 13.8. The molecule has 122 valence electrons. The number of amides is 1. The second kappa shape index (κ2) is 7.44. The Balaban J connectivity index is 0.00000176. The number of hydrogen-bond donors (Lipinski definition) is 2. The molecule has 1 heterocycles. The first-order valence-electron chi connectivity index (χ1n) is 7.90. The van der Waals surface area contributed by atoms with Gasteiger partial charge in [0, 0.05) is 6.54 Å². The molecule has 3 rings (SSSR count). The minimum absolute atomic E-state index is 0. The van der Waals surface area contributed by atoms with E-state index in [9.17, 15) is 4.79 Å². The second-order valence-electron chi connectivity index (χ2n) is 6.29. The van der Waals surface area contributed by atoms with Gasteiger partial charge in [0.1, 0.15) is 6.10 Å². The fraction of sp³-hybridized carbons (Fsp3) is 0.588. The van der Waals surface area contributed by atoms with Crippen molar-refractivity contribution in [2.75, 3.05) is 6.54 Å². The average Bonchev–Trinajstić information content (AvgIpc) is 3.22. The summed E-state index contributed by atoms with van der Waals surface area (Å²) < 4.78 is 5.69. The number of carbonyl (C=O) groups excluding carboxylic acids is 1. The molecule has 0 radical (unpaired) electrons. The number of halogens is 1. The molecule has 2 aliphatic rings. The zero-order chi connectivity index (χ0) is 14.8. The summed E-state index contributed by atoms with van der Waals surface area (Å²) in [5, 5.41) is 3.20. The summed E-state index contributed by atoms with van der Waals surface area (Å²) in [4.78, 5) is 12.4. The molecule has 1 unspecified atom stereocenters. The van der Waals surface area contributed by atoms with Gasteiger partial charge in [-0.15, -0.1) is 12.4 Å². The third-order valence-corrected chi connectivity index (χ3v) is 4.49. The van der Waals surface area contributed by atoms with Gasteiger partial charge in [-0.25, -0.2) is 0 Å². The van der Waals surface area contributed by atoms with Gasteiger partial charge in [0.15, 0.2) is 0 Å². The number of hydrogen-bond acceptors (Lipinski definition) is 3. The number of ether oxygens (including phenoxy) is 1. The lowest BCUT2D eigenvalue weighted by atomic mass is 10.0. The molecule has 5 heteroatoms. The molecule has 1 saturated carbocycles. The van der Waals surface area contributed by atoms with Crippen molar-refractivity contribution < 1.29 is 9.53 Å². The minimum Gasteiger partial charge on any atom is -0.364 e. The van der Waals surface area contributed by atoms with E-state index < -0.39 is 0 Å². The van der Waals surface area contributed by atoms with Crippen LogP contribution in [0.15, 0.2) is 24.3 Å². The molecule has 1 aromatic carbocycles. The van der Waals surface area contributed by atoms with Crippen molar-refractivity contribution in [3.63, 3.8) is 0 Å². The molecule has 4 nitrogen and oxygen atoms in total. The number of benzene rings is 1. The quantitative estimate of drug-likeness (QED) is 0.874. The highest BCUT2D eigenvalue weighted by atomic mass is 35.5.